The van der Waals surface area contributed by atoms with E-state index in [1.54, 1.807) is 42.7 Å². The number of nitrogens with zero attached hydrogens (tertiary/aromatic N) is 2. The number of nitrogens with two attached hydrogens (primary N) is 1. The Bertz CT molecular complexity index is 818. The summed E-state index contributed by atoms with van der Waals surface area (Å²) in [7, 11) is 0. The molecular formula is C17H15ClN4O2. The zero-order chi connectivity index (χ0) is 16.9. The normalized spacial score (nSPS) is 11.9. The first-order valence-corrected chi connectivity index (χ1v) is 7.67. The van der Waals surface area contributed by atoms with Crippen molar-refractivity contribution in [1.82, 2.24) is 10.1 Å². The van der Waals surface area contributed by atoms with Gasteiger partial charge in [-0.25, -0.2) is 0 Å². The van der Waals surface area contributed by atoms with Crippen molar-refractivity contribution in [1.29, 1.82) is 0 Å². The Hall–Kier alpha value is -2.70. The summed E-state index contributed by atoms with van der Waals surface area (Å²) in [5, 5.41) is 7.19. The van der Waals surface area contributed by atoms with E-state index in [4.69, 9.17) is 21.9 Å². The van der Waals surface area contributed by atoms with Crippen LogP contribution in [-0.2, 0) is 11.2 Å². The lowest BCUT2D eigenvalue weighted by Gasteiger charge is -2.10. The largest absolute Gasteiger partial charge is 0.338 e. The van der Waals surface area contributed by atoms with Crippen molar-refractivity contribution in [2.24, 2.45) is 5.73 Å². The second-order valence-corrected chi connectivity index (χ2v) is 5.68. The van der Waals surface area contributed by atoms with E-state index in [1.165, 1.54) is 0 Å². The summed E-state index contributed by atoms with van der Waals surface area (Å²) in [6.45, 7) is 0. The van der Waals surface area contributed by atoms with Crippen LogP contribution in [0, 0.1) is 0 Å². The molecular weight excluding hydrogens is 328 g/mol. The van der Waals surface area contributed by atoms with Crippen molar-refractivity contribution in [3.05, 3.63) is 65.4 Å². The highest BCUT2D eigenvalue weighted by Gasteiger charge is 2.17. The summed E-state index contributed by atoms with van der Waals surface area (Å²) in [5.41, 5.74) is 8.32. The molecule has 1 atom stereocenters. The predicted octanol–water partition coefficient (Wildman–Crippen LogP) is 2.90. The molecule has 0 spiro atoms. The number of pyridine rings is 1. The average Bonchev–Trinajstić information content (AvgIpc) is 3.06. The number of hydrogen-bond donors (Lipinski definition) is 2. The molecule has 0 saturated heterocycles. The molecule has 6 nitrogen and oxygen atoms in total. The van der Waals surface area contributed by atoms with Crippen LogP contribution in [0.25, 0.3) is 11.3 Å². The number of carbonyl (C=O) groups is 1. The lowest BCUT2D eigenvalue weighted by molar-refractivity contribution is -0.117. The molecule has 1 unspecified atom stereocenters. The topological polar surface area (TPSA) is 94.0 Å². The molecule has 0 bridgehead atoms. The van der Waals surface area contributed by atoms with Gasteiger partial charge in [-0.2, -0.15) is 0 Å². The van der Waals surface area contributed by atoms with Gasteiger partial charge >= 0.3 is 0 Å². The highest BCUT2D eigenvalue weighted by molar-refractivity contribution is 6.30. The van der Waals surface area contributed by atoms with Crippen molar-refractivity contribution < 1.29 is 9.32 Å². The van der Waals surface area contributed by atoms with Crippen LogP contribution >= 0.6 is 11.6 Å². The van der Waals surface area contributed by atoms with E-state index in [0.29, 0.717) is 17.1 Å². The highest BCUT2D eigenvalue weighted by Crippen LogP contribution is 2.21. The molecule has 1 amide bonds. The lowest BCUT2D eigenvalue weighted by atomic mass is 10.1. The minimum Gasteiger partial charge on any atom is -0.338 e. The van der Waals surface area contributed by atoms with Crippen LogP contribution in [-0.4, -0.2) is 22.1 Å². The van der Waals surface area contributed by atoms with E-state index < -0.39 is 6.04 Å². The molecule has 3 rings (SSSR count). The SMILES string of the molecule is NC(Cc1ccc(Cl)cc1)C(=O)Nc1cc(-c2ccncc2)no1. The van der Waals surface area contributed by atoms with Gasteiger partial charge in [-0.05, 0) is 36.2 Å². The maximum atomic E-state index is 12.2. The minimum atomic E-state index is -0.708. The molecule has 0 radical (unpaired) electrons. The van der Waals surface area contributed by atoms with Crippen LogP contribution < -0.4 is 11.1 Å². The summed E-state index contributed by atoms with van der Waals surface area (Å²) in [6, 6.07) is 11.7. The quantitative estimate of drug-likeness (QED) is 0.743. The van der Waals surface area contributed by atoms with Crippen LogP contribution in [0.1, 0.15) is 5.56 Å². The molecule has 0 saturated carbocycles. The lowest BCUT2D eigenvalue weighted by Crippen LogP contribution is -2.37. The van der Waals surface area contributed by atoms with Crippen molar-refractivity contribution >= 4 is 23.4 Å². The Labute approximate surface area is 143 Å². The maximum absolute atomic E-state index is 12.2. The van der Waals surface area contributed by atoms with Crippen molar-refractivity contribution in [2.45, 2.75) is 12.5 Å². The first-order chi connectivity index (χ1) is 11.6. The Morgan fingerprint density at radius 1 is 1.21 bits per heavy atom. The number of aromatic nitrogens is 2. The summed E-state index contributed by atoms with van der Waals surface area (Å²) >= 11 is 5.84. The molecule has 122 valence electrons. The van der Waals surface area contributed by atoms with Gasteiger partial charge in [0.15, 0.2) is 0 Å². The van der Waals surface area contributed by atoms with Gasteiger partial charge in [0.2, 0.25) is 11.8 Å². The summed E-state index contributed by atoms with van der Waals surface area (Å²) in [4.78, 5) is 16.1. The molecule has 0 aliphatic heterocycles. The molecule has 0 aliphatic carbocycles. The first kappa shape index (κ1) is 16.2. The van der Waals surface area contributed by atoms with E-state index in [1.807, 2.05) is 12.1 Å². The van der Waals surface area contributed by atoms with Crippen LogP contribution in [0.5, 0.6) is 0 Å². The Morgan fingerprint density at radius 2 is 1.92 bits per heavy atom. The van der Waals surface area contributed by atoms with E-state index in [-0.39, 0.29) is 11.8 Å². The van der Waals surface area contributed by atoms with Gasteiger partial charge < -0.3 is 10.3 Å². The molecule has 0 fully saturated rings. The number of carbonyl (C=O) groups excluding carboxylic acids is 1. The van der Waals surface area contributed by atoms with Crippen LogP contribution in [0.3, 0.4) is 0 Å². The molecule has 2 aromatic heterocycles. The van der Waals surface area contributed by atoms with Crippen LogP contribution in [0.4, 0.5) is 5.88 Å². The second-order valence-electron chi connectivity index (χ2n) is 5.24. The molecule has 24 heavy (non-hydrogen) atoms. The van der Waals surface area contributed by atoms with Gasteiger partial charge in [-0.15, -0.1) is 0 Å². The first-order valence-electron chi connectivity index (χ1n) is 7.30. The fourth-order valence-electron chi connectivity index (χ4n) is 2.17. The zero-order valence-corrected chi connectivity index (χ0v) is 13.4. The molecule has 3 aromatic rings. The number of halogens is 1. The molecule has 2 heterocycles. The third kappa shape index (κ3) is 3.98. The fourth-order valence-corrected chi connectivity index (χ4v) is 2.30. The Morgan fingerprint density at radius 3 is 2.62 bits per heavy atom. The highest BCUT2D eigenvalue weighted by atomic mass is 35.5. The molecule has 0 aliphatic rings. The van der Waals surface area contributed by atoms with Gasteiger partial charge in [0, 0.05) is 29.0 Å². The van der Waals surface area contributed by atoms with Crippen molar-refractivity contribution in [3.8, 4) is 11.3 Å². The number of amides is 1. The molecule has 7 heteroatoms. The van der Waals surface area contributed by atoms with Gasteiger partial charge in [0.05, 0.1) is 6.04 Å². The molecule has 3 N–H and O–H groups in total. The zero-order valence-electron chi connectivity index (χ0n) is 12.6. The van der Waals surface area contributed by atoms with Crippen molar-refractivity contribution in [3.63, 3.8) is 0 Å². The third-order valence-electron chi connectivity index (χ3n) is 3.44. The number of anilines is 1. The van der Waals surface area contributed by atoms with Crippen LogP contribution in [0.2, 0.25) is 5.02 Å². The van der Waals surface area contributed by atoms with Gasteiger partial charge in [-0.3, -0.25) is 15.1 Å². The fraction of sp³-hybridized carbons (Fsp3) is 0.118. The van der Waals surface area contributed by atoms with E-state index in [0.717, 1.165) is 11.1 Å². The van der Waals surface area contributed by atoms with Crippen LogP contribution in [0.15, 0.2) is 59.4 Å². The number of rotatable bonds is 5. The number of benzene rings is 1. The van der Waals surface area contributed by atoms with E-state index in [2.05, 4.69) is 15.5 Å². The van der Waals surface area contributed by atoms with Gasteiger partial charge in [0.25, 0.3) is 0 Å². The average molecular weight is 343 g/mol. The summed E-state index contributed by atoms with van der Waals surface area (Å²) < 4.78 is 5.13. The number of nitrogens with one attached hydrogen (secondary N) is 1. The van der Waals surface area contributed by atoms with Gasteiger partial charge in [0.1, 0.15) is 5.69 Å². The smallest absolute Gasteiger partial charge is 0.244 e. The maximum Gasteiger partial charge on any atom is 0.244 e. The van der Waals surface area contributed by atoms with Crippen molar-refractivity contribution in [2.75, 3.05) is 5.32 Å². The third-order valence-corrected chi connectivity index (χ3v) is 3.69. The summed E-state index contributed by atoms with van der Waals surface area (Å²) in [6.07, 6.45) is 3.71. The molecule has 1 aromatic carbocycles. The number of hydrogen-bond acceptors (Lipinski definition) is 5. The van der Waals surface area contributed by atoms with Gasteiger partial charge in [-0.1, -0.05) is 28.9 Å². The minimum absolute atomic E-state index is 0.248. The predicted molar refractivity (Wildman–Crippen MR) is 91.5 cm³/mol. The van der Waals surface area contributed by atoms with E-state index >= 15 is 0 Å². The second kappa shape index (κ2) is 7.25. The standard InChI is InChI=1S/C17H15ClN4O2/c18-13-3-1-11(2-4-13)9-14(19)17(23)21-16-10-15(22-24-16)12-5-7-20-8-6-12/h1-8,10,14H,9,19H2,(H,21,23). The van der Waals surface area contributed by atoms with E-state index in [9.17, 15) is 4.79 Å². The monoisotopic (exact) mass is 342 g/mol. The Balaban J connectivity index is 1.62. The summed E-state index contributed by atoms with van der Waals surface area (Å²) in [5.74, 6) is -0.0965. The Kier molecular flexibility index (Phi) is 4.88.